The molecule has 3 heterocycles. The molecule has 0 radical (unpaired) electrons. The maximum absolute atomic E-state index is 12.3. The molecule has 2 fully saturated rings. The first-order chi connectivity index (χ1) is 12.8. The van der Waals surface area contributed by atoms with Gasteiger partial charge >= 0.3 is 0 Å². The predicted molar refractivity (Wildman–Crippen MR) is 101 cm³/mol. The van der Waals surface area contributed by atoms with Crippen molar-refractivity contribution in [2.24, 2.45) is 0 Å². The minimum absolute atomic E-state index is 0.0322. The third-order valence-electron chi connectivity index (χ3n) is 5.40. The molecule has 1 aromatic heterocycles. The number of ether oxygens (including phenoxy) is 1. The van der Waals surface area contributed by atoms with E-state index in [1.54, 1.807) is 7.11 Å². The van der Waals surface area contributed by atoms with Crippen LogP contribution < -0.4 is 15.0 Å². The van der Waals surface area contributed by atoms with Gasteiger partial charge in [0.2, 0.25) is 11.8 Å². The summed E-state index contributed by atoms with van der Waals surface area (Å²) in [5.41, 5.74) is 2.03. The van der Waals surface area contributed by atoms with Crippen molar-refractivity contribution in [2.75, 3.05) is 44.7 Å². The Bertz CT molecular complexity index is 789. The van der Waals surface area contributed by atoms with Gasteiger partial charge in [0, 0.05) is 38.4 Å². The number of benzene rings is 1. The molecule has 1 unspecified atom stereocenters. The Labute approximate surface area is 153 Å². The molecule has 4 rings (SSSR count). The summed E-state index contributed by atoms with van der Waals surface area (Å²) in [5, 5.41) is 3.97. The molecular weight excluding hydrogens is 330 g/mol. The zero-order valence-electron chi connectivity index (χ0n) is 15.1. The molecule has 1 atom stereocenters. The standard InChI is InChI=1S/C19H25N5O2/c1-26-19-15-12-14(5-6-16(15)21-13-22-19)23-8-10-24(11-9-23)17-4-2-3-7-20-18(17)25/h5-6,12-13,17H,2-4,7-11H2,1H3,(H,20,25). The van der Waals surface area contributed by atoms with Crippen LogP contribution in [-0.2, 0) is 4.79 Å². The topological polar surface area (TPSA) is 70.6 Å². The average Bonchev–Trinajstić information content (AvgIpc) is 2.91. The van der Waals surface area contributed by atoms with E-state index in [1.165, 1.54) is 6.33 Å². The summed E-state index contributed by atoms with van der Waals surface area (Å²) in [5.74, 6) is 0.800. The summed E-state index contributed by atoms with van der Waals surface area (Å²) in [6, 6.07) is 6.25. The smallest absolute Gasteiger partial charge is 0.237 e. The number of rotatable bonds is 3. The van der Waals surface area contributed by atoms with Crippen LogP contribution in [-0.4, -0.2) is 66.7 Å². The summed E-state index contributed by atoms with van der Waals surface area (Å²) in [6.07, 6.45) is 4.70. The van der Waals surface area contributed by atoms with Crippen molar-refractivity contribution in [3.05, 3.63) is 24.5 Å². The van der Waals surface area contributed by atoms with Gasteiger partial charge in [-0.3, -0.25) is 9.69 Å². The fourth-order valence-electron chi connectivity index (χ4n) is 3.94. The number of methoxy groups -OCH3 is 1. The number of piperazine rings is 1. The van der Waals surface area contributed by atoms with Crippen molar-refractivity contribution in [3.8, 4) is 5.88 Å². The molecule has 0 bridgehead atoms. The molecule has 1 N–H and O–H groups in total. The highest BCUT2D eigenvalue weighted by Gasteiger charge is 2.29. The second kappa shape index (κ2) is 7.45. The van der Waals surface area contributed by atoms with E-state index >= 15 is 0 Å². The molecule has 0 saturated carbocycles. The van der Waals surface area contributed by atoms with E-state index in [-0.39, 0.29) is 11.9 Å². The number of nitrogens with zero attached hydrogens (tertiary/aromatic N) is 4. The maximum atomic E-state index is 12.3. The average molecular weight is 355 g/mol. The fraction of sp³-hybridized carbons (Fsp3) is 0.526. The number of carbonyl (C=O) groups excluding carboxylic acids is 1. The van der Waals surface area contributed by atoms with E-state index in [4.69, 9.17) is 4.74 Å². The Balaban J connectivity index is 1.47. The Morgan fingerprint density at radius 3 is 2.81 bits per heavy atom. The molecule has 26 heavy (non-hydrogen) atoms. The molecule has 7 heteroatoms. The molecule has 2 aromatic rings. The molecule has 2 aliphatic heterocycles. The van der Waals surface area contributed by atoms with Gasteiger partial charge in [0.15, 0.2) is 0 Å². The third-order valence-corrected chi connectivity index (χ3v) is 5.40. The number of hydrogen-bond acceptors (Lipinski definition) is 6. The van der Waals surface area contributed by atoms with Crippen LogP contribution in [0.4, 0.5) is 5.69 Å². The summed E-state index contributed by atoms with van der Waals surface area (Å²) >= 11 is 0. The van der Waals surface area contributed by atoms with E-state index in [2.05, 4.69) is 37.2 Å². The van der Waals surface area contributed by atoms with Gasteiger partial charge in [-0.05, 0) is 37.5 Å². The number of carbonyl (C=O) groups is 1. The van der Waals surface area contributed by atoms with Crippen LogP contribution in [0.1, 0.15) is 19.3 Å². The normalized spacial score (nSPS) is 22.1. The highest BCUT2D eigenvalue weighted by molar-refractivity contribution is 5.86. The van der Waals surface area contributed by atoms with Crippen LogP contribution in [0.15, 0.2) is 24.5 Å². The SMILES string of the molecule is COc1ncnc2ccc(N3CCN(C4CCCCNC4=O)CC3)cc12. The summed E-state index contributed by atoms with van der Waals surface area (Å²) < 4.78 is 5.37. The number of aromatic nitrogens is 2. The lowest BCUT2D eigenvalue weighted by atomic mass is 10.1. The van der Waals surface area contributed by atoms with Gasteiger partial charge < -0.3 is 15.0 Å². The molecular formula is C19H25N5O2. The lowest BCUT2D eigenvalue weighted by molar-refractivity contribution is -0.126. The Kier molecular flexibility index (Phi) is 4.88. The van der Waals surface area contributed by atoms with Crippen molar-refractivity contribution >= 4 is 22.5 Å². The largest absolute Gasteiger partial charge is 0.480 e. The van der Waals surface area contributed by atoms with Gasteiger partial charge in [-0.25, -0.2) is 9.97 Å². The van der Waals surface area contributed by atoms with E-state index in [0.717, 1.165) is 68.6 Å². The van der Waals surface area contributed by atoms with Crippen molar-refractivity contribution in [1.82, 2.24) is 20.2 Å². The van der Waals surface area contributed by atoms with E-state index < -0.39 is 0 Å². The number of amides is 1. The van der Waals surface area contributed by atoms with Gasteiger partial charge in [0.05, 0.1) is 24.1 Å². The number of hydrogen-bond donors (Lipinski definition) is 1. The van der Waals surface area contributed by atoms with E-state index in [0.29, 0.717) is 5.88 Å². The first-order valence-electron chi connectivity index (χ1n) is 9.32. The van der Waals surface area contributed by atoms with Gasteiger partial charge in [-0.1, -0.05) is 0 Å². The Morgan fingerprint density at radius 2 is 2.00 bits per heavy atom. The zero-order chi connectivity index (χ0) is 17.9. The molecule has 1 aromatic carbocycles. The number of fused-ring (bicyclic) bond motifs is 1. The monoisotopic (exact) mass is 355 g/mol. The first kappa shape index (κ1) is 17.0. The number of anilines is 1. The Hall–Kier alpha value is -2.41. The van der Waals surface area contributed by atoms with Crippen LogP contribution in [0.5, 0.6) is 5.88 Å². The first-order valence-corrected chi connectivity index (χ1v) is 9.32. The predicted octanol–water partition coefficient (Wildman–Crippen LogP) is 1.43. The maximum Gasteiger partial charge on any atom is 0.237 e. The molecule has 0 aliphatic carbocycles. The van der Waals surface area contributed by atoms with E-state index in [9.17, 15) is 4.79 Å². The Morgan fingerprint density at radius 1 is 1.15 bits per heavy atom. The van der Waals surface area contributed by atoms with Gasteiger partial charge in [0.25, 0.3) is 0 Å². The van der Waals surface area contributed by atoms with Crippen molar-refractivity contribution in [2.45, 2.75) is 25.3 Å². The van der Waals surface area contributed by atoms with Crippen LogP contribution in [0.25, 0.3) is 10.9 Å². The van der Waals surface area contributed by atoms with Gasteiger partial charge in [0.1, 0.15) is 6.33 Å². The molecule has 1 amide bonds. The van der Waals surface area contributed by atoms with Gasteiger partial charge in [-0.15, -0.1) is 0 Å². The highest BCUT2D eigenvalue weighted by atomic mass is 16.5. The lowest BCUT2D eigenvalue weighted by Crippen LogP contribution is -2.54. The zero-order valence-corrected chi connectivity index (χ0v) is 15.1. The second-order valence-corrected chi connectivity index (χ2v) is 6.91. The lowest BCUT2D eigenvalue weighted by Gasteiger charge is -2.39. The van der Waals surface area contributed by atoms with Crippen LogP contribution in [0.3, 0.4) is 0 Å². The van der Waals surface area contributed by atoms with E-state index in [1.807, 2.05) is 6.07 Å². The molecule has 7 nitrogen and oxygen atoms in total. The molecule has 2 saturated heterocycles. The van der Waals surface area contributed by atoms with Crippen molar-refractivity contribution in [1.29, 1.82) is 0 Å². The minimum Gasteiger partial charge on any atom is -0.480 e. The van der Waals surface area contributed by atoms with Crippen LogP contribution in [0.2, 0.25) is 0 Å². The second-order valence-electron chi connectivity index (χ2n) is 6.91. The summed E-state index contributed by atoms with van der Waals surface area (Å²) in [4.78, 5) is 25.5. The molecule has 138 valence electrons. The fourth-order valence-corrected chi connectivity index (χ4v) is 3.94. The summed E-state index contributed by atoms with van der Waals surface area (Å²) in [6.45, 7) is 4.43. The highest BCUT2D eigenvalue weighted by Crippen LogP contribution is 2.27. The third kappa shape index (κ3) is 3.31. The number of nitrogens with one attached hydrogen (secondary N) is 1. The van der Waals surface area contributed by atoms with Crippen LogP contribution >= 0.6 is 0 Å². The molecule has 0 spiro atoms. The van der Waals surface area contributed by atoms with Crippen LogP contribution in [0, 0.1) is 0 Å². The molecule has 2 aliphatic rings. The quantitative estimate of drug-likeness (QED) is 0.898. The van der Waals surface area contributed by atoms with Crippen molar-refractivity contribution < 1.29 is 9.53 Å². The van der Waals surface area contributed by atoms with Gasteiger partial charge in [-0.2, -0.15) is 0 Å². The summed E-state index contributed by atoms with van der Waals surface area (Å²) in [7, 11) is 1.63. The minimum atomic E-state index is 0.0322. The van der Waals surface area contributed by atoms with Crippen molar-refractivity contribution in [3.63, 3.8) is 0 Å².